The fourth-order valence-electron chi connectivity index (χ4n) is 3.24. The van der Waals surface area contributed by atoms with E-state index in [1.165, 1.54) is 6.07 Å². The summed E-state index contributed by atoms with van der Waals surface area (Å²) < 4.78 is 50.3. The van der Waals surface area contributed by atoms with Crippen LogP contribution >= 0.6 is 0 Å². The number of benzene rings is 2. The highest BCUT2D eigenvalue weighted by Gasteiger charge is 2.27. The summed E-state index contributed by atoms with van der Waals surface area (Å²) in [5, 5.41) is 16.8. The second-order valence-electron chi connectivity index (χ2n) is 6.43. The van der Waals surface area contributed by atoms with Crippen LogP contribution in [0, 0.1) is 11.6 Å². The fourth-order valence-corrected chi connectivity index (χ4v) is 4.11. The maximum Gasteiger partial charge on any atom is 0.330 e. The number of nitrogens with two attached hydrogens (primary N) is 1. The summed E-state index contributed by atoms with van der Waals surface area (Å²) in [6, 6.07) is 3.38. The van der Waals surface area contributed by atoms with Crippen molar-refractivity contribution < 1.29 is 31.9 Å². The quantitative estimate of drug-likeness (QED) is 0.691. The van der Waals surface area contributed by atoms with E-state index >= 15 is 0 Å². The molecule has 10 heteroatoms. The predicted octanol–water partition coefficient (Wildman–Crippen LogP) is 1.66. The summed E-state index contributed by atoms with van der Waals surface area (Å²) >= 11 is 0. The number of carboxylic acid groups (broad SMARTS) is 1. The average molecular weight is 410 g/mol. The Morgan fingerprint density at radius 2 is 1.82 bits per heavy atom. The number of amides is 1. The molecule has 2 aromatic carbocycles. The Labute approximate surface area is 159 Å². The molecule has 28 heavy (non-hydrogen) atoms. The molecule has 1 atom stereocenters. The van der Waals surface area contributed by atoms with Gasteiger partial charge in [-0.25, -0.2) is 27.1 Å². The maximum atomic E-state index is 13.4. The van der Waals surface area contributed by atoms with Crippen LogP contribution in [-0.4, -0.2) is 25.4 Å². The lowest BCUT2D eigenvalue weighted by Crippen LogP contribution is -2.34. The van der Waals surface area contributed by atoms with E-state index in [9.17, 15) is 31.9 Å². The molecule has 0 saturated carbocycles. The summed E-state index contributed by atoms with van der Waals surface area (Å²) in [5.74, 6) is -4.79. The minimum atomic E-state index is -4.08. The molecule has 3 rings (SSSR count). The van der Waals surface area contributed by atoms with Crippen molar-refractivity contribution in [1.29, 1.82) is 0 Å². The number of fused-ring (bicyclic) bond motifs is 1. The van der Waals surface area contributed by atoms with E-state index in [1.807, 2.05) is 0 Å². The van der Waals surface area contributed by atoms with Crippen LogP contribution in [0.4, 0.5) is 8.78 Å². The number of carboxylic acids is 1. The first-order valence-electron chi connectivity index (χ1n) is 8.25. The number of nitrogens with one attached hydrogen (secondary N) is 1. The van der Waals surface area contributed by atoms with E-state index in [0.717, 1.165) is 18.2 Å². The average Bonchev–Trinajstić information content (AvgIpc) is 3.08. The van der Waals surface area contributed by atoms with Crippen LogP contribution in [0.2, 0.25) is 0 Å². The van der Waals surface area contributed by atoms with Gasteiger partial charge in [-0.2, -0.15) is 0 Å². The third kappa shape index (κ3) is 3.87. The van der Waals surface area contributed by atoms with E-state index in [4.69, 9.17) is 5.14 Å². The second-order valence-corrected chi connectivity index (χ2v) is 7.96. The fraction of sp³-hybridized carbons (Fsp3) is 0.222. The normalized spacial score (nSPS) is 14.4. The van der Waals surface area contributed by atoms with Gasteiger partial charge in [-0.05, 0) is 60.2 Å². The minimum Gasteiger partial charge on any atom is -0.479 e. The van der Waals surface area contributed by atoms with Crippen molar-refractivity contribution in [3.05, 3.63) is 64.2 Å². The zero-order valence-corrected chi connectivity index (χ0v) is 15.2. The molecule has 0 aromatic heterocycles. The Morgan fingerprint density at radius 1 is 1.11 bits per heavy atom. The first kappa shape index (κ1) is 19.9. The lowest BCUT2D eigenvalue weighted by molar-refractivity contribution is -0.139. The molecular weight excluding hydrogens is 394 g/mol. The van der Waals surface area contributed by atoms with Crippen molar-refractivity contribution >= 4 is 21.9 Å². The van der Waals surface area contributed by atoms with Crippen LogP contribution in [0.15, 0.2) is 35.2 Å². The first-order chi connectivity index (χ1) is 13.1. The SMILES string of the molecule is NS(=O)(=O)c1cc(C(=O)N[C@H](C(=O)O)c2ccc(F)c(F)c2)cc2c1CCC2. The van der Waals surface area contributed by atoms with E-state index in [1.54, 1.807) is 0 Å². The molecule has 0 fully saturated rings. The summed E-state index contributed by atoms with van der Waals surface area (Å²) in [4.78, 5) is 23.9. The Kier molecular flexibility index (Phi) is 5.18. The van der Waals surface area contributed by atoms with Crippen molar-refractivity contribution in [3.63, 3.8) is 0 Å². The number of carbonyl (C=O) groups is 2. The number of hydrogen-bond acceptors (Lipinski definition) is 4. The van der Waals surface area contributed by atoms with Gasteiger partial charge in [-0.15, -0.1) is 0 Å². The van der Waals surface area contributed by atoms with Gasteiger partial charge in [0.15, 0.2) is 17.7 Å². The van der Waals surface area contributed by atoms with Crippen molar-refractivity contribution in [1.82, 2.24) is 5.32 Å². The van der Waals surface area contributed by atoms with Gasteiger partial charge < -0.3 is 10.4 Å². The molecule has 4 N–H and O–H groups in total. The van der Waals surface area contributed by atoms with Gasteiger partial charge in [-0.1, -0.05) is 6.07 Å². The zero-order valence-electron chi connectivity index (χ0n) is 14.4. The number of rotatable bonds is 5. The van der Waals surface area contributed by atoms with Gasteiger partial charge in [0.25, 0.3) is 5.91 Å². The number of sulfonamides is 1. The van der Waals surface area contributed by atoms with Gasteiger partial charge in [-0.3, -0.25) is 4.79 Å². The first-order valence-corrected chi connectivity index (χ1v) is 9.80. The highest BCUT2D eigenvalue weighted by Crippen LogP contribution is 2.29. The Bertz CT molecular complexity index is 1090. The molecule has 1 aliphatic rings. The van der Waals surface area contributed by atoms with E-state index in [0.29, 0.717) is 36.5 Å². The molecule has 0 heterocycles. The molecule has 1 aliphatic carbocycles. The monoisotopic (exact) mass is 410 g/mol. The number of carbonyl (C=O) groups excluding carboxylic acids is 1. The molecule has 0 bridgehead atoms. The van der Waals surface area contributed by atoms with Crippen LogP contribution in [0.3, 0.4) is 0 Å². The van der Waals surface area contributed by atoms with Gasteiger partial charge in [0.1, 0.15) is 0 Å². The number of hydrogen-bond donors (Lipinski definition) is 3. The van der Waals surface area contributed by atoms with Crippen LogP contribution in [-0.2, 0) is 27.7 Å². The number of halogens is 2. The summed E-state index contributed by atoms with van der Waals surface area (Å²) in [7, 11) is -4.08. The molecule has 0 aliphatic heterocycles. The maximum absolute atomic E-state index is 13.4. The Balaban J connectivity index is 1.97. The molecule has 0 unspecified atom stereocenters. The number of primary sulfonamides is 1. The Morgan fingerprint density at radius 3 is 2.43 bits per heavy atom. The lowest BCUT2D eigenvalue weighted by Gasteiger charge is -2.16. The highest BCUT2D eigenvalue weighted by molar-refractivity contribution is 7.89. The summed E-state index contributed by atoms with van der Waals surface area (Å²) in [5.41, 5.74) is 0.942. The van der Waals surface area contributed by atoms with E-state index in [-0.39, 0.29) is 16.0 Å². The summed E-state index contributed by atoms with van der Waals surface area (Å²) in [6.07, 6.45) is 1.77. The van der Waals surface area contributed by atoms with E-state index < -0.39 is 39.6 Å². The largest absolute Gasteiger partial charge is 0.479 e. The summed E-state index contributed by atoms with van der Waals surface area (Å²) in [6.45, 7) is 0. The van der Waals surface area contributed by atoms with Crippen LogP contribution in [0.5, 0.6) is 0 Å². The third-order valence-electron chi connectivity index (χ3n) is 4.54. The van der Waals surface area contributed by atoms with Gasteiger partial charge in [0.05, 0.1) is 4.90 Å². The molecule has 0 radical (unpaired) electrons. The molecular formula is C18H16F2N2O5S. The lowest BCUT2D eigenvalue weighted by atomic mass is 10.0. The van der Waals surface area contributed by atoms with Crippen molar-refractivity contribution in [3.8, 4) is 0 Å². The number of aryl methyl sites for hydroxylation is 1. The topological polar surface area (TPSA) is 127 Å². The molecule has 0 spiro atoms. The van der Waals surface area contributed by atoms with E-state index in [2.05, 4.69) is 5.32 Å². The van der Waals surface area contributed by atoms with Crippen LogP contribution in [0.25, 0.3) is 0 Å². The molecule has 0 saturated heterocycles. The molecule has 7 nitrogen and oxygen atoms in total. The predicted molar refractivity (Wildman–Crippen MR) is 94.0 cm³/mol. The number of aliphatic carboxylic acids is 1. The smallest absolute Gasteiger partial charge is 0.330 e. The van der Waals surface area contributed by atoms with Crippen LogP contribution in [0.1, 0.15) is 39.5 Å². The van der Waals surface area contributed by atoms with Gasteiger partial charge in [0, 0.05) is 5.56 Å². The van der Waals surface area contributed by atoms with Crippen LogP contribution < -0.4 is 10.5 Å². The van der Waals surface area contributed by atoms with Gasteiger partial charge >= 0.3 is 5.97 Å². The molecule has 148 valence electrons. The minimum absolute atomic E-state index is 0.0847. The standard InChI is InChI=1S/C18H16F2N2O5S/c19-13-5-4-10(7-14(13)20)16(18(24)25)22-17(23)11-6-9-2-1-3-12(9)15(8-11)28(21,26)27/h4-8,16H,1-3H2,(H,22,23)(H,24,25)(H2,21,26,27)/t16-/m0/s1. The highest BCUT2D eigenvalue weighted by atomic mass is 32.2. The third-order valence-corrected chi connectivity index (χ3v) is 5.52. The molecule has 2 aromatic rings. The zero-order chi connectivity index (χ0) is 20.6. The van der Waals surface area contributed by atoms with Crippen molar-refractivity contribution in [2.24, 2.45) is 5.14 Å². The Hall–Kier alpha value is -2.85. The second kappa shape index (κ2) is 7.28. The van der Waals surface area contributed by atoms with Gasteiger partial charge in [0.2, 0.25) is 10.0 Å². The molecule has 1 amide bonds. The van der Waals surface area contributed by atoms with Crippen molar-refractivity contribution in [2.45, 2.75) is 30.2 Å². The van der Waals surface area contributed by atoms with Crippen molar-refractivity contribution in [2.75, 3.05) is 0 Å².